The van der Waals surface area contributed by atoms with Crippen LogP contribution in [0.3, 0.4) is 0 Å². The zero-order chi connectivity index (χ0) is 20.9. The number of carbonyl (C=O) groups is 2. The Balaban J connectivity index is 2.13. The van der Waals surface area contributed by atoms with Crippen molar-refractivity contribution in [3.05, 3.63) is 69.3 Å². The SMILES string of the molecule is C=CCN1C(=O)[C@]2(C(C#N)=C(N)Oc3c2sc(C)c3C(=O)OC)c2ccccc21. The molecule has 2 aliphatic heterocycles. The number of nitrogens with zero attached hydrogens (tertiary/aromatic N) is 2. The largest absolute Gasteiger partial charge is 0.465 e. The van der Waals surface area contributed by atoms with Crippen molar-refractivity contribution in [1.82, 2.24) is 0 Å². The van der Waals surface area contributed by atoms with Gasteiger partial charge in [-0.2, -0.15) is 5.26 Å². The quantitative estimate of drug-likeness (QED) is 0.619. The minimum Gasteiger partial charge on any atom is -0.465 e. The third-order valence-corrected chi connectivity index (χ3v) is 6.40. The van der Waals surface area contributed by atoms with E-state index in [1.54, 1.807) is 30.0 Å². The molecule has 1 aromatic heterocycles. The van der Waals surface area contributed by atoms with Crippen LogP contribution in [0.4, 0.5) is 5.69 Å². The number of nitriles is 1. The van der Waals surface area contributed by atoms with E-state index in [4.69, 9.17) is 15.2 Å². The van der Waals surface area contributed by atoms with Crippen LogP contribution in [0.2, 0.25) is 0 Å². The number of benzene rings is 1. The monoisotopic (exact) mass is 407 g/mol. The molecule has 2 aliphatic rings. The predicted molar refractivity (Wildman–Crippen MR) is 108 cm³/mol. The lowest BCUT2D eigenvalue weighted by Crippen LogP contribution is -2.45. The van der Waals surface area contributed by atoms with E-state index in [0.717, 1.165) is 0 Å². The molecule has 1 spiro atoms. The second-order valence-corrected chi connectivity index (χ2v) is 7.83. The molecule has 3 heterocycles. The summed E-state index contributed by atoms with van der Waals surface area (Å²) in [5, 5.41) is 9.96. The van der Waals surface area contributed by atoms with Gasteiger partial charge in [0.05, 0.1) is 12.0 Å². The zero-order valence-electron chi connectivity index (χ0n) is 15.8. The van der Waals surface area contributed by atoms with E-state index in [1.807, 2.05) is 12.1 Å². The highest BCUT2D eigenvalue weighted by molar-refractivity contribution is 7.13. The summed E-state index contributed by atoms with van der Waals surface area (Å²) in [4.78, 5) is 28.9. The van der Waals surface area contributed by atoms with Gasteiger partial charge in [0.1, 0.15) is 17.2 Å². The molecule has 0 radical (unpaired) electrons. The molecule has 2 aromatic rings. The van der Waals surface area contributed by atoms with Crippen LogP contribution in [0, 0.1) is 18.3 Å². The van der Waals surface area contributed by atoms with Crippen molar-refractivity contribution >= 4 is 28.9 Å². The summed E-state index contributed by atoms with van der Waals surface area (Å²) >= 11 is 1.23. The zero-order valence-corrected chi connectivity index (χ0v) is 16.6. The molecule has 1 amide bonds. The van der Waals surface area contributed by atoms with Gasteiger partial charge < -0.3 is 20.1 Å². The first-order valence-electron chi connectivity index (χ1n) is 8.76. The van der Waals surface area contributed by atoms with Gasteiger partial charge >= 0.3 is 5.97 Å². The Morgan fingerprint density at radius 2 is 2.21 bits per heavy atom. The number of hydrogen-bond acceptors (Lipinski definition) is 7. The fraction of sp³-hybridized carbons (Fsp3) is 0.190. The molecule has 7 nitrogen and oxygen atoms in total. The van der Waals surface area contributed by atoms with E-state index in [1.165, 1.54) is 18.4 Å². The van der Waals surface area contributed by atoms with Crippen molar-refractivity contribution in [3.8, 4) is 11.8 Å². The van der Waals surface area contributed by atoms with Gasteiger partial charge in [-0.3, -0.25) is 4.79 Å². The Morgan fingerprint density at radius 1 is 1.48 bits per heavy atom. The number of amides is 1. The summed E-state index contributed by atoms with van der Waals surface area (Å²) in [6, 6.07) is 9.31. The summed E-state index contributed by atoms with van der Waals surface area (Å²) in [7, 11) is 1.27. The maximum absolute atomic E-state index is 13.8. The molecule has 1 atom stereocenters. The number of aryl methyl sites for hydroxylation is 1. The fourth-order valence-corrected chi connectivity index (χ4v) is 5.30. The van der Waals surface area contributed by atoms with E-state index in [0.29, 0.717) is 21.0 Å². The third-order valence-electron chi connectivity index (χ3n) is 5.19. The number of ether oxygens (including phenoxy) is 2. The van der Waals surface area contributed by atoms with Crippen LogP contribution in [0.25, 0.3) is 0 Å². The number of esters is 1. The van der Waals surface area contributed by atoms with Crippen LogP contribution in [0.1, 0.15) is 25.7 Å². The highest BCUT2D eigenvalue weighted by Crippen LogP contribution is 2.58. The summed E-state index contributed by atoms with van der Waals surface area (Å²) in [6.07, 6.45) is 1.62. The van der Waals surface area contributed by atoms with Crippen molar-refractivity contribution < 1.29 is 19.1 Å². The molecular weight excluding hydrogens is 390 g/mol. The van der Waals surface area contributed by atoms with Gasteiger partial charge in [-0.25, -0.2) is 4.79 Å². The van der Waals surface area contributed by atoms with Gasteiger partial charge in [-0.05, 0) is 13.0 Å². The van der Waals surface area contributed by atoms with E-state index in [-0.39, 0.29) is 35.2 Å². The number of para-hydroxylation sites is 1. The molecule has 1 aromatic carbocycles. The van der Waals surface area contributed by atoms with Crippen molar-refractivity contribution in [2.75, 3.05) is 18.6 Å². The van der Waals surface area contributed by atoms with Gasteiger partial charge in [-0.15, -0.1) is 17.9 Å². The number of hydrogen-bond donors (Lipinski definition) is 1. The predicted octanol–water partition coefficient (Wildman–Crippen LogP) is 2.75. The molecule has 29 heavy (non-hydrogen) atoms. The smallest absolute Gasteiger partial charge is 0.342 e. The molecule has 8 heteroatoms. The minimum absolute atomic E-state index is 0.00618. The van der Waals surface area contributed by atoms with Crippen molar-refractivity contribution in [3.63, 3.8) is 0 Å². The number of carbonyl (C=O) groups excluding carboxylic acids is 2. The molecule has 0 fully saturated rings. The number of fused-ring (bicyclic) bond motifs is 4. The lowest BCUT2D eigenvalue weighted by atomic mass is 9.72. The number of rotatable bonds is 3. The molecular formula is C21H17N3O4S. The van der Waals surface area contributed by atoms with Crippen molar-refractivity contribution in [1.29, 1.82) is 5.26 Å². The molecule has 0 saturated heterocycles. The van der Waals surface area contributed by atoms with Crippen LogP contribution in [-0.2, 0) is 14.9 Å². The Bertz CT molecular complexity index is 1160. The van der Waals surface area contributed by atoms with E-state index in [2.05, 4.69) is 12.6 Å². The summed E-state index contributed by atoms with van der Waals surface area (Å²) < 4.78 is 10.6. The van der Waals surface area contributed by atoms with Crippen LogP contribution in [-0.4, -0.2) is 25.5 Å². The van der Waals surface area contributed by atoms with Crippen LogP contribution in [0.15, 0.2) is 48.4 Å². The maximum Gasteiger partial charge on any atom is 0.342 e. The Labute approximate surface area is 171 Å². The number of nitrogens with two attached hydrogens (primary N) is 1. The first kappa shape index (κ1) is 18.8. The van der Waals surface area contributed by atoms with Crippen molar-refractivity contribution in [2.45, 2.75) is 12.3 Å². The molecule has 0 bridgehead atoms. The Hall–Kier alpha value is -3.57. The Kier molecular flexibility index (Phi) is 4.21. The van der Waals surface area contributed by atoms with Gasteiger partial charge in [0.25, 0.3) is 0 Å². The van der Waals surface area contributed by atoms with Crippen LogP contribution >= 0.6 is 11.3 Å². The lowest BCUT2D eigenvalue weighted by Gasteiger charge is -2.32. The number of methoxy groups -OCH3 is 1. The number of thiophene rings is 1. The van der Waals surface area contributed by atoms with Gasteiger partial charge in [0, 0.05) is 22.7 Å². The standard InChI is InChI=1S/C21H17N3O4S/c1-4-9-24-14-8-6-5-7-12(14)21(20(24)26)13(10-22)18(23)28-16-15(19(25)27-3)11(2)29-17(16)21/h4-8H,1,9,23H2,2-3H3/t21-/m0/s1. The molecule has 0 unspecified atom stereocenters. The summed E-state index contributed by atoms with van der Waals surface area (Å²) in [5.74, 6) is -0.962. The highest BCUT2D eigenvalue weighted by Gasteiger charge is 2.60. The van der Waals surface area contributed by atoms with Crippen LogP contribution < -0.4 is 15.4 Å². The molecule has 0 aliphatic carbocycles. The first-order chi connectivity index (χ1) is 13.9. The second kappa shape index (κ2) is 6.50. The molecule has 0 saturated carbocycles. The van der Waals surface area contributed by atoms with Gasteiger partial charge in [-0.1, -0.05) is 24.3 Å². The van der Waals surface area contributed by atoms with E-state index >= 15 is 0 Å². The van der Waals surface area contributed by atoms with Gasteiger partial charge in [0.2, 0.25) is 11.8 Å². The summed E-state index contributed by atoms with van der Waals surface area (Å²) in [6.45, 7) is 5.74. The topological polar surface area (TPSA) is 106 Å². The maximum atomic E-state index is 13.8. The Morgan fingerprint density at radius 3 is 2.86 bits per heavy atom. The van der Waals surface area contributed by atoms with E-state index in [9.17, 15) is 14.9 Å². The van der Waals surface area contributed by atoms with E-state index < -0.39 is 11.4 Å². The van der Waals surface area contributed by atoms with Crippen LogP contribution in [0.5, 0.6) is 5.75 Å². The molecule has 2 N–H and O–H groups in total. The first-order valence-corrected chi connectivity index (χ1v) is 9.57. The lowest BCUT2D eigenvalue weighted by molar-refractivity contribution is -0.120. The fourth-order valence-electron chi connectivity index (χ4n) is 4.03. The van der Waals surface area contributed by atoms with Crippen molar-refractivity contribution in [2.24, 2.45) is 5.73 Å². The summed E-state index contributed by atoms with van der Waals surface area (Å²) in [5.41, 5.74) is 6.13. The third kappa shape index (κ3) is 2.22. The minimum atomic E-state index is -1.48. The molecule has 146 valence electrons. The van der Waals surface area contributed by atoms with Gasteiger partial charge in [0.15, 0.2) is 11.2 Å². The molecule has 4 rings (SSSR count). The normalized spacial score (nSPS) is 19.5. The highest BCUT2D eigenvalue weighted by atomic mass is 32.1. The average Bonchev–Trinajstić information content (AvgIpc) is 3.16. The average molecular weight is 407 g/mol. The number of anilines is 1. The second-order valence-electron chi connectivity index (χ2n) is 6.61.